The lowest BCUT2D eigenvalue weighted by Gasteiger charge is -2.13. The Bertz CT molecular complexity index is 310. The van der Waals surface area contributed by atoms with Crippen molar-refractivity contribution in [2.75, 3.05) is 33.5 Å². The summed E-state index contributed by atoms with van der Waals surface area (Å²) in [5.41, 5.74) is 1.24. The van der Waals surface area contributed by atoms with Crippen LogP contribution in [0.5, 0.6) is 5.75 Å². The first-order valence-electron chi connectivity index (χ1n) is 6.04. The van der Waals surface area contributed by atoms with E-state index >= 15 is 0 Å². The van der Waals surface area contributed by atoms with Crippen molar-refractivity contribution in [1.82, 2.24) is 0 Å². The molecule has 0 aromatic heterocycles. The van der Waals surface area contributed by atoms with E-state index in [-0.39, 0.29) is 0 Å². The first kappa shape index (κ1) is 14.0. The molecule has 0 aliphatic heterocycles. The maximum absolute atomic E-state index is 5.71. The van der Waals surface area contributed by atoms with Crippen molar-refractivity contribution >= 4 is 0 Å². The van der Waals surface area contributed by atoms with E-state index in [0.29, 0.717) is 32.3 Å². The summed E-state index contributed by atoms with van der Waals surface area (Å²) in [4.78, 5) is 0. The van der Waals surface area contributed by atoms with Crippen LogP contribution in [-0.2, 0) is 9.47 Å². The second kappa shape index (κ2) is 8.09. The third-order valence-corrected chi connectivity index (χ3v) is 2.46. The Morgan fingerprint density at radius 1 is 1.00 bits per heavy atom. The van der Waals surface area contributed by atoms with Crippen molar-refractivity contribution in [3.8, 4) is 5.75 Å². The Kier molecular flexibility index (Phi) is 6.67. The molecule has 1 aromatic carbocycles. The fourth-order valence-electron chi connectivity index (χ4n) is 1.54. The summed E-state index contributed by atoms with van der Waals surface area (Å²) in [5.74, 6) is 1.43. The lowest BCUT2D eigenvalue weighted by atomic mass is 10.0. The highest BCUT2D eigenvalue weighted by Gasteiger charge is 2.06. The topological polar surface area (TPSA) is 27.7 Å². The summed E-state index contributed by atoms with van der Waals surface area (Å²) < 4.78 is 16.0. The second-order valence-electron chi connectivity index (χ2n) is 4.15. The molecule has 0 atom stereocenters. The molecule has 0 aliphatic rings. The molecular weight excluding hydrogens is 216 g/mol. The van der Waals surface area contributed by atoms with Gasteiger partial charge in [-0.2, -0.15) is 0 Å². The van der Waals surface area contributed by atoms with E-state index in [0.717, 1.165) is 5.75 Å². The van der Waals surface area contributed by atoms with Gasteiger partial charge in [0.05, 0.1) is 19.8 Å². The van der Waals surface area contributed by atoms with E-state index < -0.39 is 0 Å². The van der Waals surface area contributed by atoms with Crippen LogP contribution in [0.2, 0.25) is 0 Å². The largest absolute Gasteiger partial charge is 0.491 e. The Hall–Kier alpha value is -1.06. The van der Waals surface area contributed by atoms with Crippen molar-refractivity contribution in [2.24, 2.45) is 0 Å². The summed E-state index contributed by atoms with van der Waals surface area (Å²) in [6.07, 6.45) is 0. The fraction of sp³-hybridized carbons (Fsp3) is 0.571. The molecule has 3 nitrogen and oxygen atoms in total. The van der Waals surface area contributed by atoms with Crippen LogP contribution in [-0.4, -0.2) is 33.5 Å². The van der Waals surface area contributed by atoms with Crippen LogP contribution in [0.4, 0.5) is 0 Å². The van der Waals surface area contributed by atoms with Crippen LogP contribution in [0.15, 0.2) is 24.3 Å². The molecule has 0 spiro atoms. The van der Waals surface area contributed by atoms with Gasteiger partial charge < -0.3 is 14.2 Å². The molecule has 0 amide bonds. The standard InChI is InChI=1S/C14H22O3/c1-12(2)13-6-4-5-7-14(13)17-11-10-16-9-8-15-3/h4-7,12H,8-11H2,1-3H3. The van der Waals surface area contributed by atoms with Crippen LogP contribution in [0.3, 0.4) is 0 Å². The summed E-state index contributed by atoms with van der Waals surface area (Å²) >= 11 is 0. The Morgan fingerprint density at radius 2 is 1.71 bits per heavy atom. The Morgan fingerprint density at radius 3 is 2.41 bits per heavy atom. The molecule has 0 aliphatic carbocycles. The van der Waals surface area contributed by atoms with Gasteiger partial charge in [-0.3, -0.25) is 0 Å². The molecule has 96 valence electrons. The van der Waals surface area contributed by atoms with Crippen molar-refractivity contribution in [1.29, 1.82) is 0 Å². The zero-order valence-electron chi connectivity index (χ0n) is 10.9. The summed E-state index contributed by atoms with van der Waals surface area (Å²) in [5, 5.41) is 0. The highest BCUT2D eigenvalue weighted by Crippen LogP contribution is 2.25. The van der Waals surface area contributed by atoms with Gasteiger partial charge >= 0.3 is 0 Å². The average Bonchev–Trinajstić information content (AvgIpc) is 2.34. The van der Waals surface area contributed by atoms with E-state index in [4.69, 9.17) is 14.2 Å². The van der Waals surface area contributed by atoms with Gasteiger partial charge in [-0.1, -0.05) is 32.0 Å². The monoisotopic (exact) mass is 238 g/mol. The maximum atomic E-state index is 5.71. The van der Waals surface area contributed by atoms with E-state index in [1.165, 1.54) is 5.56 Å². The van der Waals surface area contributed by atoms with Crippen LogP contribution in [0, 0.1) is 0 Å². The minimum absolute atomic E-state index is 0.473. The quantitative estimate of drug-likeness (QED) is 0.652. The molecule has 0 N–H and O–H groups in total. The van der Waals surface area contributed by atoms with Crippen LogP contribution >= 0.6 is 0 Å². The third-order valence-electron chi connectivity index (χ3n) is 2.46. The normalized spacial score (nSPS) is 10.8. The highest BCUT2D eigenvalue weighted by atomic mass is 16.5. The number of rotatable bonds is 8. The SMILES string of the molecule is COCCOCCOc1ccccc1C(C)C. The number of benzene rings is 1. The lowest BCUT2D eigenvalue weighted by Crippen LogP contribution is -2.10. The van der Waals surface area contributed by atoms with Crippen molar-refractivity contribution in [2.45, 2.75) is 19.8 Å². The number of hydrogen-bond acceptors (Lipinski definition) is 3. The molecule has 1 rings (SSSR count). The van der Waals surface area contributed by atoms with Crippen molar-refractivity contribution in [3.05, 3.63) is 29.8 Å². The Labute approximate surface area is 104 Å². The van der Waals surface area contributed by atoms with Gasteiger partial charge in [0.25, 0.3) is 0 Å². The molecule has 1 aromatic rings. The molecule has 0 radical (unpaired) electrons. The molecule has 17 heavy (non-hydrogen) atoms. The minimum atomic E-state index is 0.473. The van der Waals surface area contributed by atoms with Crippen LogP contribution in [0.1, 0.15) is 25.3 Å². The smallest absolute Gasteiger partial charge is 0.122 e. The number of ether oxygens (including phenoxy) is 3. The van der Waals surface area contributed by atoms with Gasteiger partial charge in [0.2, 0.25) is 0 Å². The molecule has 0 heterocycles. The molecule has 0 saturated heterocycles. The van der Waals surface area contributed by atoms with E-state index in [2.05, 4.69) is 19.9 Å². The number of methoxy groups -OCH3 is 1. The van der Waals surface area contributed by atoms with Gasteiger partial charge in [0, 0.05) is 7.11 Å². The van der Waals surface area contributed by atoms with Gasteiger partial charge in [0.1, 0.15) is 12.4 Å². The predicted octanol–water partition coefficient (Wildman–Crippen LogP) is 2.85. The third kappa shape index (κ3) is 5.20. The van der Waals surface area contributed by atoms with E-state index in [1.807, 2.05) is 18.2 Å². The summed E-state index contributed by atoms with van der Waals surface area (Å²) in [7, 11) is 1.67. The summed E-state index contributed by atoms with van der Waals surface area (Å²) in [6, 6.07) is 8.14. The van der Waals surface area contributed by atoms with Crippen LogP contribution in [0.25, 0.3) is 0 Å². The first-order chi connectivity index (χ1) is 8.25. The zero-order valence-corrected chi connectivity index (χ0v) is 10.9. The minimum Gasteiger partial charge on any atom is -0.491 e. The molecule has 3 heteroatoms. The molecular formula is C14H22O3. The first-order valence-corrected chi connectivity index (χ1v) is 6.04. The summed E-state index contributed by atoms with van der Waals surface area (Å²) in [6.45, 7) is 6.74. The second-order valence-corrected chi connectivity index (χ2v) is 4.15. The lowest BCUT2D eigenvalue weighted by molar-refractivity contribution is 0.0542. The van der Waals surface area contributed by atoms with Gasteiger partial charge in [-0.25, -0.2) is 0 Å². The molecule has 0 fully saturated rings. The van der Waals surface area contributed by atoms with Gasteiger partial charge in [-0.15, -0.1) is 0 Å². The van der Waals surface area contributed by atoms with E-state index in [9.17, 15) is 0 Å². The highest BCUT2D eigenvalue weighted by molar-refractivity contribution is 5.35. The van der Waals surface area contributed by atoms with Crippen molar-refractivity contribution < 1.29 is 14.2 Å². The number of hydrogen-bond donors (Lipinski definition) is 0. The zero-order chi connectivity index (χ0) is 12.5. The molecule has 0 unspecified atom stereocenters. The van der Waals surface area contributed by atoms with Crippen molar-refractivity contribution in [3.63, 3.8) is 0 Å². The van der Waals surface area contributed by atoms with Crippen LogP contribution < -0.4 is 4.74 Å². The van der Waals surface area contributed by atoms with Gasteiger partial charge in [0.15, 0.2) is 0 Å². The fourth-order valence-corrected chi connectivity index (χ4v) is 1.54. The van der Waals surface area contributed by atoms with E-state index in [1.54, 1.807) is 7.11 Å². The average molecular weight is 238 g/mol. The molecule has 0 saturated carbocycles. The number of para-hydroxylation sites is 1. The molecule has 0 bridgehead atoms. The predicted molar refractivity (Wildman–Crippen MR) is 68.7 cm³/mol. The Balaban J connectivity index is 2.31. The maximum Gasteiger partial charge on any atom is 0.122 e. The van der Waals surface area contributed by atoms with Gasteiger partial charge in [-0.05, 0) is 17.5 Å².